The highest BCUT2D eigenvalue weighted by Crippen LogP contribution is 2.38. The normalized spacial score (nSPS) is 18.2. The number of rotatable bonds is 5. The molecule has 0 spiro atoms. The lowest BCUT2D eigenvalue weighted by molar-refractivity contribution is -0.143. The first kappa shape index (κ1) is 27.9. The van der Waals surface area contributed by atoms with Gasteiger partial charge in [-0.15, -0.1) is 0 Å². The number of nitrogens with one attached hydrogen (secondary N) is 1. The largest absolute Gasteiger partial charge is 0.470 e. The zero-order valence-corrected chi connectivity index (χ0v) is 20.8. The van der Waals surface area contributed by atoms with Crippen molar-refractivity contribution >= 4 is 17.5 Å². The molecule has 3 heterocycles. The Morgan fingerprint density at radius 2 is 1.49 bits per heavy atom. The second-order valence-corrected chi connectivity index (χ2v) is 9.06. The number of alkyl halides is 6. The minimum atomic E-state index is -5.03. The average molecular weight is 554 g/mol. The van der Waals surface area contributed by atoms with Gasteiger partial charge >= 0.3 is 18.4 Å². The second kappa shape index (κ2) is 10.9. The van der Waals surface area contributed by atoms with Crippen molar-refractivity contribution in [2.45, 2.75) is 44.9 Å². The minimum absolute atomic E-state index is 0.00884. The summed E-state index contributed by atoms with van der Waals surface area (Å²) in [6.45, 7) is 4.17. The molecule has 1 aliphatic rings. The molecule has 2 unspecified atom stereocenters. The van der Waals surface area contributed by atoms with Gasteiger partial charge in [-0.05, 0) is 49.7 Å². The van der Waals surface area contributed by atoms with Crippen LogP contribution in [0.2, 0.25) is 0 Å². The maximum Gasteiger partial charge on any atom is 0.416 e. The van der Waals surface area contributed by atoms with E-state index < -0.39 is 47.3 Å². The van der Waals surface area contributed by atoms with E-state index in [4.69, 9.17) is 4.74 Å². The van der Waals surface area contributed by atoms with E-state index in [-0.39, 0.29) is 31.6 Å². The molecule has 14 heteroatoms. The fourth-order valence-electron chi connectivity index (χ4n) is 4.38. The van der Waals surface area contributed by atoms with Crippen LogP contribution < -0.4 is 15.0 Å². The van der Waals surface area contributed by atoms with Crippen molar-refractivity contribution in [3.8, 4) is 5.88 Å². The van der Waals surface area contributed by atoms with Crippen LogP contribution in [0.25, 0.3) is 0 Å². The molecule has 1 N–H and O–H groups in total. The Morgan fingerprint density at radius 3 is 2.05 bits per heavy atom. The van der Waals surface area contributed by atoms with E-state index in [0.717, 1.165) is 5.56 Å². The molecule has 2 atom stereocenters. The molecule has 3 aromatic rings. The number of halogens is 6. The maximum atomic E-state index is 13.2. The van der Waals surface area contributed by atoms with Crippen molar-refractivity contribution in [1.82, 2.24) is 19.9 Å². The molecule has 2 aromatic heterocycles. The Balaban J connectivity index is 1.49. The summed E-state index contributed by atoms with van der Waals surface area (Å²) in [4.78, 5) is 28.9. The zero-order valence-electron chi connectivity index (χ0n) is 20.8. The minimum Gasteiger partial charge on any atom is -0.470 e. The Morgan fingerprint density at radius 1 is 0.923 bits per heavy atom. The molecule has 1 aliphatic heterocycles. The molecule has 1 aromatic carbocycles. The highest BCUT2D eigenvalue weighted by Gasteiger charge is 2.38. The molecule has 2 amide bonds. The van der Waals surface area contributed by atoms with E-state index in [1.54, 1.807) is 38.4 Å². The maximum absolute atomic E-state index is 13.2. The fourth-order valence-corrected chi connectivity index (χ4v) is 4.38. The Bertz CT molecular complexity index is 1260. The molecule has 208 valence electrons. The van der Waals surface area contributed by atoms with Crippen LogP contribution in [0.15, 0.2) is 55.1 Å². The van der Waals surface area contributed by atoms with Crippen molar-refractivity contribution in [1.29, 1.82) is 0 Å². The average Bonchev–Trinajstić information content (AvgIpc) is 2.86. The lowest BCUT2D eigenvalue weighted by Crippen LogP contribution is -2.60. The van der Waals surface area contributed by atoms with Crippen molar-refractivity contribution in [3.05, 3.63) is 71.8 Å². The van der Waals surface area contributed by atoms with E-state index in [0.29, 0.717) is 18.0 Å². The van der Waals surface area contributed by atoms with Crippen LogP contribution in [0.5, 0.6) is 5.88 Å². The number of pyridine rings is 1. The number of benzene rings is 1. The first-order valence-corrected chi connectivity index (χ1v) is 11.8. The van der Waals surface area contributed by atoms with Gasteiger partial charge in [0.15, 0.2) is 5.82 Å². The van der Waals surface area contributed by atoms with Crippen LogP contribution in [0.4, 0.5) is 42.6 Å². The van der Waals surface area contributed by atoms with Crippen molar-refractivity contribution in [3.63, 3.8) is 0 Å². The molecule has 0 radical (unpaired) electrons. The molecule has 1 fully saturated rings. The van der Waals surface area contributed by atoms with Gasteiger partial charge in [0.05, 0.1) is 11.1 Å². The van der Waals surface area contributed by atoms with Crippen LogP contribution in [0.3, 0.4) is 0 Å². The predicted octanol–water partition coefficient (Wildman–Crippen LogP) is 5.62. The standard InChI is InChI=1S/C25H24F6N6O2/c1-15-12-36(21-22(34-8-7-33-21)39-14-17-3-5-32-6-4-17)13-16(2)37(15)23(38)35-20-10-18(24(26,27)28)9-19(11-20)25(29,30)31/h3-11,15-16H,12-14H2,1-2H3,(H,35,38). The van der Waals surface area contributed by atoms with E-state index in [2.05, 4.69) is 20.3 Å². The number of carbonyl (C=O) groups excluding carboxylic acids is 1. The van der Waals surface area contributed by atoms with Crippen molar-refractivity contribution in [2.24, 2.45) is 0 Å². The lowest BCUT2D eigenvalue weighted by atomic mass is 10.1. The smallest absolute Gasteiger partial charge is 0.416 e. The first-order chi connectivity index (χ1) is 18.3. The van der Waals surface area contributed by atoms with Crippen molar-refractivity contribution in [2.75, 3.05) is 23.3 Å². The molecular weight excluding hydrogens is 530 g/mol. The van der Waals surface area contributed by atoms with E-state index in [1.165, 1.54) is 17.3 Å². The van der Waals surface area contributed by atoms with Gasteiger partial charge in [0.25, 0.3) is 5.88 Å². The Hall–Kier alpha value is -4.10. The van der Waals surface area contributed by atoms with Gasteiger partial charge in [0.1, 0.15) is 6.61 Å². The number of piperazine rings is 1. The third-order valence-corrected chi connectivity index (χ3v) is 6.06. The monoisotopic (exact) mass is 554 g/mol. The SMILES string of the molecule is CC1CN(c2nccnc2OCc2ccncc2)CC(C)N1C(=O)Nc1cc(C(F)(F)F)cc(C(F)(F)F)c1. The topological polar surface area (TPSA) is 83.5 Å². The highest BCUT2D eigenvalue weighted by atomic mass is 19.4. The fraction of sp³-hybridized carbons (Fsp3) is 0.360. The predicted molar refractivity (Wildman–Crippen MR) is 129 cm³/mol. The first-order valence-electron chi connectivity index (χ1n) is 11.8. The number of ether oxygens (including phenoxy) is 1. The second-order valence-electron chi connectivity index (χ2n) is 9.06. The molecular formula is C25H24F6N6O2. The number of carbonyl (C=O) groups is 1. The number of urea groups is 1. The summed E-state index contributed by atoms with van der Waals surface area (Å²) >= 11 is 0. The summed E-state index contributed by atoms with van der Waals surface area (Å²) < 4.78 is 85.2. The van der Waals surface area contributed by atoms with Gasteiger partial charge in [-0.2, -0.15) is 26.3 Å². The van der Waals surface area contributed by atoms with Crippen LogP contribution >= 0.6 is 0 Å². The van der Waals surface area contributed by atoms with Gasteiger partial charge in [-0.25, -0.2) is 14.8 Å². The quantitative estimate of drug-likeness (QED) is 0.413. The summed E-state index contributed by atoms with van der Waals surface area (Å²) in [5, 5.41) is 2.21. The molecule has 8 nitrogen and oxygen atoms in total. The number of amides is 2. The highest BCUT2D eigenvalue weighted by molar-refractivity contribution is 5.90. The molecule has 0 bridgehead atoms. The summed E-state index contributed by atoms with van der Waals surface area (Å²) in [6.07, 6.45) is -3.82. The van der Waals surface area contributed by atoms with E-state index in [1.807, 2.05) is 4.90 Å². The number of aromatic nitrogens is 3. The summed E-state index contributed by atoms with van der Waals surface area (Å²) in [7, 11) is 0. The van der Waals surface area contributed by atoms with Crippen LogP contribution in [0.1, 0.15) is 30.5 Å². The molecule has 39 heavy (non-hydrogen) atoms. The van der Waals surface area contributed by atoms with Gasteiger partial charge in [0, 0.05) is 55.6 Å². The summed E-state index contributed by atoms with van der Waals surface area (Å²) in [6, 6.07) is 2.74. The van der Waals surface area contributed by atoms with Gasteiger partial charge < -0.3 is 19.9 Å². The summed E-state index contributed by atoms with van der Waals surface area (Å²) in [5.74, 6) is 0.716. The van der Waals surface area contributed by atoms with Crippen LogP contribution in [0, 0.1) is 0 Å². The number of nitrogens with zero attached hydrogens (tertiary/aromatic N) is 5. The lowest BCUT2D eigenvalue weighted by Gasteiger charge is -2.44. The van der Waals surface area contributed by atoms with E-state index >= 15 is 0 Å². The van der Waals surface area contributed by atoms with E-state index in [9.17, 15) is 31.1 Å². The zero-order chi connectivity index (χ0) is 28.4. The number of anilines is 2. The van der Waals surface area contributed by atoms with Crippen LogP contribution in [-0.4, -0.2) is 51.1 Å². The Labute approximate surface area is 219 Å². The van der Waals surface area contributed by atoms with Gasteiger partial charge in [-0.3, -0.25) is 4.98 Å². The van der Waals surface area contributed by atoms with Crippen LogP contribution in [-0.2, 0) is 19.0 Å². The summed E-state index contributed by atoms with van der Waals surface area (Å²) in [5.41, 5.74) is -2.77. The third kappa shape index (κ3) is 6.67. The number of hydrogen-bond donors (Lipinski definition) is 1. The Kier molecular flexibility index (Phi) is 7.84. The molecule has 1 saturated heterocycles. The van der Waals surface area contributed by atoms with Crippen molar-refractivity contribution < 1.29 is 35.9 Å². The number of hydrogen-bond acceptors (Lipinski definition) is 6. The third-order valence-electron chi connectivity index (χ3n) is 6.06. The van der Waals surface area contributed by atoms with Gasteiger partial charge in [0.2, 0.25) is 0 Å². The van der Waals surface area contributed by atoms with Gasteiger partial charge in [-0.1, -0.05) is 0 Å². The molecule has 4 rings (SSSR count). The molecule has 0 aliphatic carbocycles. The molecule has 0 saturated carbocycles.